The second kappa shape index (κ2) is 7.20. The van der Waals surface area contributed by atoms with Crippen LogP contribution in [0.1, 0.15) is 66.2 Å². The summed E-state index contributed by atoms with van der Waals surface area (Å²) in [6.45, 7) is 7.83. The van der Waals surface area contributed by atoms with Gasteiger partial charge in [-0.15, -0.1) is 19.5 Å². The van der Waals surface area contributed by atoms with Gasteiger partial charge >= 0.3 is 0 Å². The van der Waals surface area contributed by atoms with E-state index in [2.05, 4.69) is 14.6 Å². The Labute approximate surface area is 125 Å². The molecule has 0 spiro atoms. The Bertz CT molecular complexity index is 314. The van der Waals surface area contributed by atoms with Crippen molar-refractivity contribution >= 4 is 15.1 Å². The van der Waals surface area contributed by atoms with Crippen molar-refractivity contribution in [3.05, 3.63) is 0 Å². The van der Waals surface area contributed by atoms with Crippen LogP contribution in [0.2, 0.25) is 0 Å². The number of unbranched alkanes of at least 4 members (excludes halogenated alkanes) is 2. The van der Waals surface area contributed by atoms with E-state index in [0.29, 0.717) is 6.42 Å². The second-order valence-electron chi connectivity index (χ2n) is 7.19. The third kappa shape index (κ3) is 4.98. The lowest BCUT2D eigenvalue weighted by atomic mass is 9.79. The molecule has 0 saturated carbocycles. The maximum Gasteiger partial charge on any atom is 0.220 e. The summed E-state index contributed by atoms with van der Waals surface area (Å²) in [6.07, 6.45) is 6.36. The molecule has 0 bridgehead atoms. The third-order valence-electron chi connectivity index (χ3n) is 4.06. The van der Waals surface area contributed by atoms with E-state index in [9.17, 15) is 10.0 Å². The minimum absolute atomic E-state index is 0.111. The van der Waals surface area contributed by atoms with Gasteiger partial charge in [0.15, 0.2) is 0 Å². The van der Waals surface area contributed by atoms with Gasteiger partial charge in [0, 0.05) is 23.5 Å². The molecule has 1 aliphatic heterocycles. The Kier molecular flexibility index (Phi) is 6.43. The Balaban J connectivity index is 2.46. The molecule has 117 valence electrons. The fourth-order valence-corrected chi connectivity index (χ4v) is 3.56. The number of nitrogens with one attached hydrogen (secondary N) is 1. The molecule has 1 N–H and O–H groups in total. The van der Waals surface area contributed by atoms with Crippen LogP contribution in [-0.2, 0) is 10.0 Å². The fourth-order valence-electron chi connectivity index (χ4n) is 3.27. The molecule has 0 aromatic carbocycles. The molecule has 5 heteroatoms. The highest BCUT2D eigenvalue weighted by Crippen LogP contribution is 2.36. The minimum atomic E-state index is -0.418. The summed E-state index contributed by atoms with van der Waals surface area (Å²) < 4.78 is 0. The second-order valence-corrected chi connectivity index (χ2v) is 7.77. The number of carbonyl (C=O) groups excluding carboxylic acids is 1. The van der Waals surface area contributed by atoms with Crippen molar-refractivity contribution in [1.29, 1.82) is 0 Å². The van der Waals surface area contributed by atoms with Gasteiger partial charge in [-0.05, 0) is 59.5 Å². The van der Waals surface area contributed by atoms with E-state index in [0.717, 1.165) is 38.3 Å². The molecule has 4 nitrogen and oxygen atoms in total. The van der Waals surface area contributed by atoms with E-state index in [-0.39, 0.29) is 11.9 Å². The van der Waals surface area contributed by atoms with Crippen molar-refractivity contribution in [2.45, 2.75) is 83.3 Å². The molecule has 1 amide bonds. The predicted octanol–water partition coefficient (Wildman–Crippen LogP) is 2.91. The summed E-state index contributed by atoms with van der Waals surface area (Å²) in [5, 5.41) is 16.6. The van der Waals surface area contributed by atoms with Gasteiger partial charge in [-0.2, -0.15) is 0 Å². The van der Waals surface area contributed by atoms with E-state index >= 15 is 0 Å². The van der Waals surface area contributed by atoms with Gasteiger partial charge < -0.3 is 5.32 Å². The highest BCUT2D eigenvalue weighted by molar-refractivity contribution is 7.16. The molecule has 0 aromatic heterocycles. The maximum absolute atomic E-state index is 12.2. The zero-order chi connectivity index (χ0) is 15.4. The van der Waals surface area contributed by atoms with Gasteiger partial charge in [-0.3, -0.25) is 4.79 Å². The highest BCUT2D eigenvalue weighted by Gasteiger charge is 2.46. The number of rotatable bonds is 6. The Morgan fingerprint density at radius 1 is 1.15 bits per heavy atom. The maximum atomic E-state index is 12.2. The van der Waals surface area contributed by atoms with Crippen molar-refractivity contribution in [1.82, 2.24) is 10.4 Å². The van der Waals surface area contributed by atoms with Crippen LogP contribution < -0.4 is 5.32 Å². The first-order valence-electron chi connectivity index (χ1n) is 7.66. The van der Waals surface area contributed by atoms with Gasteiger partial charge in [0.2, 0.25) is 5.91 Å². The molecule has 1 saturated heterocycles. The first kappa shape index (κ1) is 17.9. The van der Waals surface area contributed by atoms with E-state index < -0.39 is 11.1 Å². The van der Waals surface area contributed by atoms with Crippen molar-refractivity contribution in [3.63, 3.8) is 0 Å². The summed E-state index contributed by atoms with van der Waals surface area (Å²) in [6, 6.07) is 0.111. The smallest absolute Gasteiger partial charge is 0.220 e. The monoisotopic (exact) mass is 301 g/mol. The average Bonchev–Trinajstić information content (AvgIpc) is 2.31. The quantitative estimate of drug-likeness (QED) is 0.606. The molecular formula is C15H30N2O2P. The number of hydroxylamine groups is 2. The fraction of sp³-hybridized carbons (Fsp3) is 0.933. The van der Waals surface area contributed by atoms with Crippen LogP contribution in [0.25, 0.3) is 0 Å². The molecular weight excluding hydrogens is 271 g/mol. The summed E-state index contributed by atoms with van der Waals surface area (Å²) in [7, 11) is 2.71. The topological polar surface area (TPSA) is 52.2 Å². The molecule has 0 aliphatic carbocycles. The van der Waals surface area contributed by atoms with Crippen LogP contribution in [0.5, 0.6) is 0 Å². The van der Waals surface area contributed by atoms with E-state index in [1.54, 1.807) is 0 Å². The van der Waals surface area contributed by atoms with Crippen LogP contribution in [0.15, 0.2) is 0 Å². The predicted molar refractivity (Wildman–Crippen MR) is 84.9 cm³/mol. The lowest BCUT2D eigenvalue weighted by Gasteiger charge is -2.50. The molecule has 1 heterocycles. The summed E-state index contributed by atoms with van der Waals surface area (Å²) in [4.78, 5) is 12.0. The number of amides is 1. The van der Waals surface area contributed by atoms with Crippen molar-refractivity contribution in [2.24, 2.45) is 0 Å². The number of nitrogens with zero attached hydrogens (tertiary/aromatic N) is 1. The van der Waals surface area contributed by atoms with Crippen LogP contribution in [0, 0.1) is 0 Å². The summed E-state index contributed by atoms with van der Waals surface area (Å²) in [5.41, 5.74) is -0.835. The summed E-state index contributed by atoms with van der Waals surface area (Å²) >= 11 is 0. The lowest BCUT2D eigenvalue weighted by Crippen LogP contribution is -2.62. The van der Waals surface area contributed by atoms with Crippen LogP contribution >= 0.6 is 9.24 Å². The number of carbonyl (C=O) groups is 1. The van der Waals surface area contributed by atoms with Gasteiger partial charge in [0.05, 0.1) is 0 Å². The SMILES string of the molecule is CC1(C)CC(NC(=O)CCCCCP)CC(C)(C)N1[O]. The van der Waals surface area contributed by atoms with Crippen molar-refractivity contribution in [2.75, 3.05) is 6.16 Å². The molecule has 1 unspecified atom stereocenters. The standard InChI is InChI=1S/C15H30N2O2P/c1-14(2)10-12(11-15(3,4)17(14)19)16-13(18)8-6-5-7-9-20/h12H,5-11,20H2,1-4H3,(H,16,18). The van der Waals surface area contributed by atoms with Gasteiger partial charge in [0.1, 0.15) is 0 Å². The molecule has 1 radical (unpaired) electrons. The molecule has 0 aromatic rings. The van der Waals surface area contributed by atoms with E-state index in [1.807, 2.05) is 27.7 Å². The molecule has 1 rings (SSSR count). The first-order valence-corrected chi connectivity index (χ1v) is 8.47. The largest absolute Gasteiger partial charge is 0.353 e. The molecule has 1 atom stereocenters. The van der Waals surface area contributed by atoms with Gasteiger partial charge in [0.25, 0.3) is 0 Å². The molecule has 1 aliphatic rings. The van der Waals surface area contributed by atoms with Gasteiger partial charge in [-0.1, -0.05) is 6.42 Å². The first-order chi connectivity index (χ1) is 9.19. The highest BCUT2D eigenvalue weighted by atomic mass is 31.0. The van der Waals surface area contributed by atoms with Crippen molar-refractivity contribution < 1.29 is 10.0 Å². The third-order valence-corrected chi connectivity index (χ3v) is 4.47. The number of hydrogen-bond donors (Lipinski definition) is 1. The zero-order valence-electron chi connectivity index (χ0n) is 13.4. The zero-order valence-corrected chi connectivity index (χ0v) is 14.5. The Morgan fingerprint density at radius 3 is 2.20 bits per heavy atom. The lowest BCUT2D eigenvalue weighted by molar-refractivity contribution is -0.290. The molecule has 20 heavy (non-hydrogen) atoms. The van der Waals surface area contributed by atoms with Crippen LogP contribution in [0.4, 0.5) is 0 Å². The molecule has 1 fully saturated rings. The normalized spacial score (nSPS) is 22.7. The van der Waals surface area contributed by atoms with Crippen LogP contribution in [-0.4, -0.2) is 34.3 Å². The number of hydrogen-bond acceptors (Lipinski definition) is 2. The summed E-state index contributed by atoms with van der Waals surface area (Å²) in [5.74, 6) is 0.129. The minimum Gasteiger partial charge on any atom is -0.353 e. The van der Waals surface area contributed by atoms with Gasteiger partial charge in [-0.25, -0.2) is 0 Å². The van der Waals surface area contributed by atoms with Crippen molar-refractivity contribution in [3.8, 4) is 0 Å². The Morgan fingerprint density at radius 2 is 1.70 bits per heavy atom. The Hall–Kier alpha value is -0.180. The number of piperidine rings is 1. The van der Waals surface area contributed by atoms with Crippen LogP contribution in [0.3, 0.4) is 0 Å². The van der Waals surface area contributed by atoms with E-state index in [4.69, 9.17) is 0 Å². The average molecular weight is 301 g/mol. The van der Waals surface area contributed by atoms with E-state index in [1.165, 1.54) is 5.06 Å².